The van der Waals surface area contributed by atoms with Crippen LogP contribution in [0.1, 0.15) is 117 Å². The van der Waals surface area contributed by atoms with Gasteiger partial charge in [-0.2, -0.15) is 0 Å². The highest BCUT2D eigenvalue weighted by Gasteiger charge is 2.45. The number of carbonyl (C=O) groups is 4. The summed E-state index contributed by atoms with van der Waals surface area (Å²) in [6.45, 7) is 9.89. The van der Waals surface area contributed by atoms with Gasteiger partial charge in [0.05, 0.1) is 197 Å². The summed E-state index contributed by atoms with van der Waals surface area (Å²) < 4.78 is 102. The number of terminal acetylenes is 1. The normalized spacial score (nSPS) is 26.0. The van der Waals surface area contributed by atoms with Crippen molar-refractivity contribution in [3.8, 4) is 12.3 Å². The molecule has 0 saturated carbocycles. The van der Waals surface area contributed by atoms with Crippen molar-refractivity contribution in [1.82, 2.24) is 0 Å². The molecule has 31 nitrogen and oxygen atoms in total. The Balaban J connectivity index is 1.39. The molecule has 3 fully saturated rings. The Morgan fingerprint density at radius 3 is 0.871 bits per heavy atom. The fourth-order valence-electron chi connectivity index (χ4n) is 11.0. The van der Waals surface area contributed by atoms with E-state index < -0.39 is 117 Å². The molecule has 3 heterocycles. The number of carbonyl (C=O) groups excluding carboxylic acids is 4. The first-order valence-electron chi connectivity index (χ1n) is 36.1. The topological polar surface area (TPSA) is 416 Å². The Morgan fingerprint density at radius 2 is 0.594 bits per heavy atom. The van der Waals surface area contributed by atoms with E-state index in [4.69, 9.17) is 91.7 Å². The molecule has 3 saturated heterocycles. The molecule has 0 spiro atoms. The van der Waals surface area contributed by atoms with Gasteiger partial charge in [0, 0.05) is 101 Å². The number of ether oxygens (including phenoxy) is 18. The van der Waals surface area contributed by atoms with Crippen molar-refractivity contribution in [3.05, 3.63) is 0 Å². The molecule has 3 rings (SSSR count). The monoisotopic (exact) mass is 1460 g/mol. The van der Waals surface area contributed by atoms with Crippen molar-refractivity contribution in [2.45, 2.75) is 191 Å². The third kappa shape index (κ3) is 40.6. The second kappa shape index (κ2) is 58.3. The van der Waals surface area contributed by atoms with Crippen LogP contribution >= 0.6 is 0 Å². The second-order valence-corrected chi connectivity index (χ2v) is 25.6. The summed E-state index contributed by atoms with van der Waals surface area (Å²) in [6, 6.07) is 0. The van der Waals surface area contributed by atoms with Gasteiger partial charge in [-0.1, -0.05) is 27.2 Å². The van der Waals surface area contributed by atoms with Crippen LogP contribution in [0.15, 0.2) is 0 Å². The number of rotatable bonds is 67. The number of aliphatic hydroxyl groups excluding tert-OH is 9. The van der Waals surface area contributed by atoms with Crippen molar-refractivity contribution < 1.29 is 150 Å². The molecule has 0 bridgehead atoms. The van der Waals surface area contributed by atoms with Gasteiger partial charge in [-0.15, -0.1) is 12.3 Å². The fourth-order valence-corrected chi connectivity index (χ4v) is 11.0. The summed E-state index contributed by atoms with van der Waals surface area (Å²) in [7, 11) is 0. The lowest BCUT2D eigenvalue weighted by Gasteiger charge is -2.40. The maximum absolute atomic E-state index is 13.7. The van der Waals surface area contributed by atoms with Crippen LogP contribution in [0, 0.1) is 35.5 Å². The zero-order valence-electron chi connectivity index (χ0n) is 60.1. The standard InChI is InChI=1S/C70H124O31/c1-5-6-7-8-9-13-57(77)44-70(48-93-23-17-54(74)14-10-20-84-26-29-87-32-35-90-38-41-96-67-51(2)61(78)64(81)58(45-71)99-67,49-94-24-18-55(75)15-11-21-85-27-30-88-33-36-91-39-42-97-68-52(3)62(79)65(82)59(46-72)100-68)50-95-25-19-56(76)16-12-22-86-28-31-89-34-37-92-40-43-98-69-53(4)63(80)66(83)60(47-73)101-69/h1,51-53,58-69,71-73,78-83H,6-50H2,2-4H3. The van der Waals surface area contributed by atoms with E-state index in [1.54, 1.807) is 20.8 Å². The van der Waals surface area contributed by atoms with Crippen molar-refractivity contribution in [1.29, 1.82) is 0 Å². The SMILES string of the molecule is C#CCCCCCC(=O)CC(COCCC(=O)CCCOCCOCCOCCOC1OC(CO)C(O)C(O)C1C)(COCCC(=O)CCCOCCOCCOCCOC1OC(CO)C(O)C(O)C1C)COCCC(=O)CCCOCCOCCOCCOC1OC(CO)C(O)C(O)C1C. The van der Waals surface area contributed by atoms with Crippen LogP contribution in [-0.2, 0) is 104 Å². The molecule has 15 unspecified atom stereocenters. The molecule has 101 heavy (non-hydrogen) atoms. The molecule has 3 aliphatic rings. The number of aliphatic hydroxyl groups is 9. The number of unbranched alkanes of at least 4 members (excludes halogenated alkanes) is 3. The molecular formula is C70H124O31. The number of hydrogen-bond acceptors (Lipinski definition) is 31. The summed E-state index contributed by atoms with van der Waals surface area (Å²) in [5, 5.41) is 88.9. The number of ketones is 4. The summed E-state index contributed by atoms with van der Waals surface area (Å²) >= 11 is 0. The molecule has 15 atom stereocenters. The zero-order valence-corrected chi connectivity index (χ0v) is 60.1. The first-order valence-corrected chi connectivity index (χ1v) is 36.1. The van der Waals surface area contributed by atoms with E-state index in [2.05, 4.69) is 5.92 Å². The first kappa shape index (κ1) is 92.4. The molecule has 9 N–H and O–H groups in total. The van der Waals surface area contributed by atoms with Gasteiger partial charge < -0.3 is 131 Å². The van der Waals surface area contributed by atoms with Crippen LogP contribution in [-0.4, -0.2) is 341 Å². The third-order valence-corrected chi connectivity index (χ3v) is 17.2. The van der Waals surface area contributed by atoms with Crippen LogP contribution in [0.3, 0.4) is 0 Å². The maximum atomic E-state index is 13.7. The molecule has 0 aromatic rings. The Kier molecular flexibility index (Phi) is 53.3. The molecule has 3 aliphatic heterocycles. The molecule has 0 amide bonds. The van der Waals surface area contributed by atoms with Gasteiger partial charge in [0.25, 0.3) is 0 Å². The highest BCUT2D eigenvalue weighted by molar-refractivity contribution is 5.80. The molecule has 0 aliphatic carbocycles. The van der Waals surface area contributed by atoms with Gasteiger partial charge in [-0.3, -0.25) is 19.2 Å². The minimum absolute atomic E-state index is 0.000589. The quantitative estimate of drug-likeness (QED) is 0.0290. The highest BCUT2D eigenvalue weighted by atomic mass is 16.7. The lowest BCUT2D eigenvalue weighted by molar-refractivity contribution is -0.284. The fraction of sp³-hybridized carbons (Fsp3) is 0.914. The van der Waals surface area contributed by atoms with Crippen molar-refractivity contribution >= 4 is 23.1 Å². The Morgan fingerprint density at radius 1 is 0.327 bits per heavy atom. The maximum Gasteiger partial charge on any atom is 0.163 e. The van der Waals surface area contributed by atoms with Gasteiger partial charge >= 0.3 is 0 Å². The Hall–Kier alpha value is -2.84. The van der Waals surface area contributed by atoms with Gasteiger partial charge in [0.15, 0.2) is 18.9 Å². The predicted octanol–water partition coefficient (Wildman–Crippen LogP) is 0.208. The van der Waals surface area contributed by atoms with Gasteiger partial charge in [-0.25, -0.2) is 0 Å². The molecule has 31 heteroatoms. The largest absolute Gasteiger partial charge is 0.394 e. The van der Waals surface area contributed by atoms with Crippen LogP contribution < -0.4 is 0 Å². The smallest absolute Gasteiger partial charge is 0.163 e. The van der Waals surface area contributed by atoms with Crippen molar-refractivity contribution in [3.63, 3.8) is 0 Å². The molecular weight excluding hydrogens is 1340 g/mol. The van der Waals surface area contributed by atoms with E-state index in [0.29, 0.717) is 138 Å². The van der Waals surface area contributed by atoms with Crippen LogP contribution in [0.5, 0.6) is 0 Å². The average Bonchev–Trinajstić information content (AvgIpc) is 0.834. The van der Waals surface area contributed by atoms with Gasteiger partial charge in [0.2, 0.25) is 0 Å². The zero-order chi connectivity index (χ0) is 73.7. The lowest BCUT2D eigenvalue weighted by atomic mass is 9.83. The third-order valence-electron chi connectivity index (χ3n) is 17.2. The van der Waals surface area contributed by atoms with Crippen LogP contribution in [0.2, 0.25) is 0 Å². The summed E-state index contributed by atoms with van der Waals surface area (Å²) in [5.74, 6) is 0.987. The van der Waals surface area contributed by atoms with Gasteiger partial charge in [0.1, 0.15) is 59.8 Å². The Labute approximate surface area is 596 Å². The van der Waals surface area contributed by atoms with E-state index in [0.717, 1.165) is 12.8 Å². The summed E-state index contributed by atoms with van der Waals surface area (Å²) in [5.41, 5.74) is -1.02. The minimum Gasteiger partial charge on any atom is -0.394 e. The Bertz CT molecular complexity index is 1920. The molecule has 590 valence electrons. The number of Topliss-reactive ketones (excluding diaryl/α,β-unsaturated/α-hetero) is 4. The van der Waals surface area contributed by atoms with E-state index in [9.17, 15) is 65.1 Å². The van der Waals surface area contributed by atoms with Gasteiger partial charge in [-0.05, 0) is 32.1 Å². The van der Waals surface area contributed by atoms with Crippen molar-refractivity contribution in [2.75, 3.05) is 198 Å². The van der Waals surface area contributed by atoms with E-state index in [-0.39, 0.29) is 147 Å². The van der Waals surface area contributed by atoms with Crippen molar-refractivity contribution in [2.24, 2.45) is 23.2 Å². The van der Waals surface area contributed by atoms with Crippen LogP contribution in [0.25, 0.3) is 0 Å². The van der Waals surface area contributed by atoms with E-state index >= 15 is 0 Å². The highest BCUT2D eigenvalue weighted by Crippen LogP contribution is 2.31. The second-order valence-electron chi connectivity index (χ2n) is 25.6. The van der Waals surface area contributed by atoms with Crippen LogP contribution in [0.4, 0.5) is 0 Å². The molecule has 0 aromatic carbocycles. The average molecular weight is 1460 g/mol. The van der Waals surface area contributed by atoms with E-state index in [1.807, 2.05) is 0 Å². The predicted molar refractivity (Wildman–Crippen MR) is 359 cm³/mol. The molecule has 0 aromatic heterocycles. The first-order chi connectivity index (χ1) is 48.9. The summed E-state index contributed by atoms with van der Waals surface area (Å²) in [6.07, 6.45) is -0.941. The minimum atomic E-state index is -1.20. The lowest BCUT2D eigenvalue weighted by Crippen LogP contribution is -2.55. The molecule has 0 radical (unpaired) electrons. The number of hydrogen-bond donors (Lipinski definition) is 9. The summed E-state index contributed by atoms with van der Waals surface area (Å²) in [4.78, 5) is 52.7. The van der Waals surface area contributed by atoms with E-state index in [1.165, 1.54) is 0 Å².